The Morgan fingerprint density at radius 3 is 2.83 bits per heavy atom. The fourth-order valence-corrected chi connectivity index (χ4v) is 3.92. The van der Waals surface area contributed by atoms with Crippen LogP contribution in [0.4, 0.5) is 5.13 Å². The van der Waals surface area contributed by atoms with Crippen molar-refractivity contribution in [2.45, 2.75) is 33.2 Å². The average Bonchev–Trinajstić information content (AvgIpc) is 3.15. The third kappa shape index (κ3) is 3.91. The predicted octanol–water partition coefficient (Wildman–Crippen LogP) is 2.48. The maximum Gasteiger partial charge on any atom is 0.185 e. The minimum Gasteiger partial charge on any atom is -0.378 e. The number of aryl methyl sites for hydroxylation is 2. The Morgan fingerprint density at radius 1 is 1.35 bits per heavy atom. The Hall–Kier alpha value is -1.44. The number of nitrogens with one attached hydrogen (secondary N) is 1. The molecule has 1 aliphatic heterocycles. The molecule has 0 amide bonds. The van der Waals surface area contributed by atoms with Crippen LogP contribution in [0.5, 0.6) is 0 Å². The number of hydrogen-bond donors (Lipinski definition) is 1. The second kappa shape index (κ2) is 7.42. The van der Waals surface area contributed by atoms with Gasteiger partial charge >= 0.3 is 0 Å². The third-order valence-electron chi connectivity index (χ3n) is 4.15. The highest BCUT2D eigenvalue weighted by Crippen LogP contribution is 2.24. The molecule has 0 aliphatic carbocycles. The molecule has 1 atom stereocenters. The molecule has 0 bridgehead atoms. The van der Waals surface area contributed by atoms with E-state index in [1.54, 1.807) is 11.3 Å². The highest BCUT2D eigenvalue weighted by Gasteiger charge is 2.17. The lowest BCUT2D eigenvalue weighted by Crippen LogP contribution is -2.36. The molecule has 0 saturated carbocycles. The monoisotopic (exact) mass is 336 g/mol. The molecule has 1 fully saturated rings. The van der Waals surface area contributed by atoms with Gasteiger partial charge in [0.1, 0.15) is 5.76 Å². The summed E-state index contributed by atoms with van der Waals surface area (Å²) < 4.78 is 10.6. The zero-order valence-electron chi connectivity index (χ0n) is 14.0. The Morgan fingerprint density at radius 2 is 2.13 bits per heavy atom. The first kappa shape index (κ1) is 16.4. The summed E-state index contributed by atoms with van der Waals surface area (Å²) in [4.78, 5) is 8.10. The van der Waals surface area contributed by atoms with E-state index in [-0.39, 0.29) is 0 Å². The van der Waals surface area contributed by atoms with Crippen molar-refractivity contribution in [3.63, 3.8) is 0 Å². The zero-order chi connectivity index (χ0) is 16.2. The summed E-state index contributed by atoms with van der Waals surface area (Å²) in [7, 11) is 0. The molecule has 126 valence electrons. The standard InChI is InChI=1S/C16H24N4O2S/c1-11(15-12(2)19-22-13(15)3)8-17-9-14-10-18-16(23-14)20-4-6-21-7-5-20/h10-11,17H,4-9H2,1-3H3/t11-/m1/s1. The van der Waals surface area contributed by atoms with Crippen LogP contribution in [0.15, 0.2) is 10.7 Å². The van der Waals surface area contributed by atoms with Crippen molar-refractivity contribution < 1.29 is 9.26 Å². The zero-order valence-corrected chi connectivity index (χ0v) is 14.8. The second-order valence-electron chi connectivity index (χ2n) is 5.98. The van der Waals surface area contributed by atoms with Crippen molar-refractivity contribution in [3.05, 3.63) is 28.1 Å². The van der Waals surface area contributed by atoms with Gasteiger partial charge in [0, 0.05) is 42.8 Å². The predicted molar refractivity (Wildman–Crippen MR) is 91.2 cm³/mol. The largest absolute Gasteiger partial charge is 0.378 e. The van der Waals surface area contributed by atoms with Crippen molar-refractivity contribution >= 4 is 16.5 Å². The number of ether oxygens (including phenoxy) is 1. The van der Waals surface area contributed by atoms with E-state index < -0.39 is 0 Å². The number of rotatable bonds is 6. The lowest BCUT2D eigenvalue weighted by Gasteiger charge is -2.25. The van der Waals surface area contributed by atoms with Crippen molar-refractivity contribution in [1.82, 2.24) is 15.5 Å². The van der Waals surface area contributed by atoms with E-state index in [4.69, 9.17) is 9.26 Å². The number of nitrogens with zero attached hydrogens (tertiary/aromatic N) is 3. The smallest absolute Gasteiger partial charge is 0.185 e. The normalized spacial score (nSPS) is 16.7. The lowest BCUT2D eigenvalue weighted by molar-refractivity contribution is 0.122. The lowest BCUT2D eigenvalue weighted by atomic mass is 10.00. The molecule has 2 aromatic heterocycles. The summed E-state index contributed by atoms with van der Waals surface area (Å²) in [6, 6.07) is 0. The van der Waals surface area contributed by atoms with Crippen molar-refractivity contribution in [1.29, 1.82) is 0 Å². The number of aromatic nitrogens is 2. The Kier molecular flexibility index (Phi) is 5.30. The van der Waals surface area contributed by atoms with Gasteiger partial charge in [0.2, 0.25) is 0 Å². The molecule has 1 aliphatic rings. The molecule has 0 radical (unpaired) electrons. The van der Waals surface area contributed by atoms with Crippen molar-refractivity contribution in [2.75, 3.05) is 37.7 Å². The van der Waals surface area contributed by atoms with Crippen molar-refractivity contribution in [3.8, 4) is 0 Å². The molecule has 6 nitrogen and oxygen atoms in total. The Labute approximate surface area is 140 Å². The molecule has 23 heavy (non-hydrogen) atoms. The molecule has 1 N–H and O–H groups in total. The van der Waals surface area contributed by atoms with Crippen LogP contribution in [0.1, 0.15) is 34.7 Å². The SMILES string of the molecule is Cc1noc(C)c1[C@H](C)CNCc1cnc(N2CCOCC2)s1. The van der Waals surface area contributed by atoms with Crippen molar-refractivity contribution in [2.24, 2.45) is 0 Å². The van der Waals surface area contributed by atoms with Gasteiger partial charge in [0.05, 0.1) is 18.9 Å². The first-order chi connectivity index (χ1) is 11.1. The van der Waals surface area contributed by atoms with Gasteiger partial charge in [-0.3, -0.25) is 0 Å². The summed E-state index contributed by atoms with van der Waals surface area (Å²) in [6.07, 6.45) is 1.98. The van der Waals surface area contributed by atoms with E-state index in [9.17, 15) is 0 Å². The van der Waals surface area contributed by atoms with E-state index >= 15 is 0 Å². The number of morpholine rings is 1. The number of hydrogen-bond acceptors (Lipinski definition) is 7. The third-order valence-corrected chi connectivity index (χ3v) is 5.21. The summed E-state index contributed by atoms with van der Waals surface area (Å²) in [6.45, 7) is 11.4. The highest BCUT2D eigenvalue weighted by molar-refractivity contribution is 7.15. The second-order valence-corrected chi connectivity index (χ2v) is 7.07. The fraction of sp³-hybridized carbons (Fsp3) is 0.625. The van der Waals surface area contributed by atoms with Gasteiger partial charge in [0.15, 0.2) is 5.13 Å². The van der Waals surface area contributed by atoms with Crippen LogP contribution in [0, 0.1) is 13.8 Å². The number of thiazole rings is 1. The Balaban J connectivity index is 1.50. The Bertz CT molecular complexity index is 614. The van der Waals surface area contributed by atoms with Crippen LogP contribution >= 0.6 is 11.3 Å². The molecule has 2 aromatic rings. The van der Waals surface area contributed by atoms with Gasteiger partial charge in [-0.1, -0.05) is 12.1 Å². The maximum absolute atomic E-state index is 5.38. The first-order valence-corrected chi connectivity index (χ1v) is 8.87. The summed E-state index contributed by atoms with van der Waals surface area (Å²) in [5, 5.41) is 8.65. The van der Waals surface area contributed by atoms with E-state index in [1.807, 2.05) is 20.0 Å². The van der Waals surface area contributed by atoms with E-state index in [0.717, 1.165) is 56.0 Å². The summed E-state index contributed by atoms with van der Waals surface area (Å²) in [5.41, 5.74) is 2.21. The molecule has 3 rings (SSSR count). The quantitative estimate of drug-likeness (QED) is 0.874. The molecule has 1 saturated heterocycles. The number of anilines is 1. The molecule has 7 heteroatoms. The van der Waals surface area contributed by atoms with Crippen LogP contribution < -0.4 is 10.2 Å². The van der Waals surface area contributed by atoms with E-state index in [1.165, 1.54) is 10.4 Å². The van der Waals surface area contributed by atoms with Gasteiger partial charge in [-0.25, -0.2) is 4.98 Å². The first-order valence-electron chi connectivity index (χ1n) is 8.06. The molecule has 3 heterocycles. The molecule has 0 spiro atoms. The van der Waals surface area contributed by atoms with Crippen LogP contribution in [0.3, 0.4) is 0 Å². The molecular formula is C16H24N4O2S. The van der Waals surface area contributed by atoms with Crippen LogP contribution in [0.25, 0.3) is 0 Å². The van der Waals surface area contributed by atoms with Gasteiger partial charge in [-0.05, 0) is 19.8 Å². The van der Waals surface area contributed by atoms with Gasteiger partial charge in [-0.2, -0.15) is 0 Å². The fourth-order valence-electron chi connectivity index (χ4n) is 2.99. The van der Waals surface area contributed by atoms with Crippen LogP contribution in [-0.4, -0.2) is 43.0 Å². The molecule has 0 unspecified atom stereocenters. The van der Waals surface area contributed by atoms with Gasteiger partial charge in [-0.15, -0.1) is 11.3 Å². The summed E-state index contributed by atoms with van der Waals surface area (Å²) >= 11 is 1.76. The minimum atomic E-state index is 0.382. The van der Waals surface area contributed by atoms with Gasteiger partial charge < -0.3 is 19.5 Å². The van der Waals surface area contributed by atoms with E-state index in [2.05, 4.69) is 27.3 Å². The average molecular weight is 336 g/mol. The summed E-state index contributed by atoms with van der Waals surface area (Å²) in [5.74, 6) is 1.30. The molecule has 0 aromatic carbocycles. The maximum atomic E-state index is 5.38. The van der Waals surface area contributed by atoms with Crippen LogP contribution in [0.2, 0.25) is 0 Å². The minimum absolute atomic E-state index is 0.382. The van der Waals surface area contributed by atoms with Gasteiger partial charge in [0.25, 0.3) is 0 Å². The topological polar surface area (TPSA) is 63.4 Å². The molecular weight excluding hydrogens is 312 g/mol. The highest BCUT2D eigenvalue weighted by atomic mass is 32.1. The van der Waals surface area contributed by atoms with E-state index in [0.29, 0.717) is 5.92 Å². The van der Waals surface area contributed by atoms with Crippen LogP contribution in [-0.2, 0) is 11.3 Å².